The molecule has 0 N–H and O–H groups in total. The standard InChI is InChI=1S/C8H5I2N3/c1-4-5(9)6(10)7-8(13-4)12-3-2-11-7/h2-3H,1H3. The highest BCUT2D eigenvalue weighted by Crippen LogP contribution is 2.23. The molecule has 0 unspecified atom stereocenters. The average Bonchev–Trinajstić information content (AvgIpc) is 2.15. The van der Waals surface area contributed by atoms with Gasteiger partial charge in [-0.25, -0.2) is 9.97 Å². The predicted octanol–water partition coefficient (Wildman–Crippen LogP) is 2.54. The minimum Gasteiger partial charge on any atom is -0.250 e. The molecule has 0 bridgehead atoms. The van der Waals surface area contributed by atoms with Crippen LogP contribution in [0, 0.1) is 14.1 Å². The quantitative estimate of drug-likeness (QED) is 0.642. The van der Waals surface area contributed by atoms with Crippen LogP contribution in [-0.2, 0) is 0 Å². The van der Waals surface area contributed by atoms with Gasteiger partial charge in [0, 0.05) is 16.0 Å². The Morgan fingerprint density at radius 2 is 1.77 bits per heavy atom. The summed E-state index contributed by atoms with van der Waals surface area (Å²) >= 11 is 4.56. The predicted molar refractivity (Wildman–Crippen MR) is 67.5 cm³/mol. The van der Waals surface area contributed by atoms with Gasteiger partial charge in [-0.2, -0.15) is 0 Å². The molecule has 3 nitrogen and oxygen atoms in total. The number of hydrogen-bond acceptors (Lipinski definition) is 3. The third kappa shape index (κ3) is 1.63. The molecule has 0 atom stereocenters. The van der Waals surface area contributed by atoms with Crippen molar-refractivity contribution < 1.29 is 0 Å². The fourth-order valence-corrected chi connectivity index (χ4v) is 2.18. The van der Waals surface area contributed by atoms with E-state index in [0.29, 0.717) is 0 Å². The number of halogens is 2. The zero-order chi connectivity index (χ0) is 9.42. The molecule has 2 rings (SSSR count). The Kier molecular flexibility index (Phi) is 2.63. The smallest absolute Gasteiger partial charge is 0.179 e. The first-order valence-electron chi connectivity index (χ1n) is 3.62. The number of aryl methyl sites for hydroxylation is 1. The second kappa shape index (κ2) is 3.60. The van der Waals surface area contributed by atoms with Gasteiger partial charge < -0.3 is 0 Å². The molecular formula is C8H5I2N3. The van der Waals surface area contributed by atoms with Crippen molar-refractivity contribution in [3.05, 3.63) is 25.2 Å². The fourth-order valence-electron chi connectivity index (χ4n) is 1.04. The second-order valence-electron chi connectivity index (χ2n) is 2.55. The molecule has 5 heteroatoms. The Labute approximate surface area is 103 Å². The SMILES string of the molecule is Cc1nc2nccnc2c(I)c1I. The van der Waals surface area contributed by atoms with E-state index in [2.05, 4.69) is 60.1 Å². The normalized spacial score (nSPS) is 10.7. The van der Waals surface area contributed by atoms with Crippen molar-refractivity contribution in [2.24, 2.45) is 0 Å². The number of hydrogen-bond donors (Lipinski definition) is 0. The lowest BCUT2D eigenvalue weighted by molar-refractivity contribution is 1.15. The summed E-state index contributed by atoms with van der Waals surface area (Å²) in [6, 6.07) is 0. The number of fused-ring (bicyclic) bond motifs is 1. The molecule has 13 heavy (non-hydrogen) atoms. The van der Waals surface area contributed by atoms with E-state index >= 15 is 0 Å². The van der Waals surface area contributed by atoms with Gasteiger partial charge in [-0.05, 0) is 52.1 Å². The average molecular weight is 397 g/mol. The third-order valence-corrected chi connectivity index (χ3v) is 5.07. The molecule has 0 fully saturated rings. The highest BCUT2D eigenvalue weighted by atomic mass is 127. The first-order chi connectivity index (χ1) is 6.20. The third-order valence-electron chi connectivity index (χ3n) is 1.67. The van der Waals surface area contributed by atoms with Crippen molar-refractivity contribution >= 4 is 56.3 Å². The highest BCUT2D eigenvalue weighted by Gasteiger charge is 2.08. The first-order valence-corrected chi connectivity index (χ1v) is 5.78. The van der Waals surface area contributed by atoms with Gasteiger partial charge in [0.15, 0.2) is 5.65 Å². The summed E-state index contributed by atoms with van der Waals surface area (Å²) in [5, 5.41) is 0. The summed E-state index contributed by atoms with van der Waals surface area (Å²) in [7, 11) is 0. The van der Waals surface area contributed by atoms with Crippen LogP contribution in [0.4, 0.5) is 0 Å². The van der Waals surface area contributed by atoms with Crippen molar-refractivity contribution in [1.82, 2.24) is 15.0 Å². The number of nitrogens with zero attached hydrogens (tertiary/aromatic N) is 3. The van der Waals surface area contributed by atoms with Gasteiger partial charge in [-0.15, -0.1) is 0 Å². The van der Waals surface area contributed by atoms with Crippen LogP contribution in [0.1, 0.15) is 5.69 Å². The zero-order valence-electron chi connectivity index (χ0n) is 6.75. The van der Waals surface area contributed by atoms with E-state index in [1.165, 1.54) is 0 Å². The Morgan fingerprint density at radius 3 is 2.54 bits per heavy atom. The number of rotatable bonds is 0. The van der Waals surface area contributed by atoms with Crippen LogP contribution < -0.4 is 0 Å². The fraction of sp³-hybridized carbons (Fsp3) is 0.125. The summed E-state index contributed by atoms with van der Waals surface area (Å²) in [6.07, 6.45) is 3.36. The van der Waals surface area contributed by atoms with Gasteiger partial charge in [-0.1, -0.05) is 0 Å². The van der Waals surface area contributed by atoms with E-state index in [1.807, 2.05) is 6.92 Å². The van der Waals surface area contributed by atoms with Crippen LogP contribution in [0.25, 0.3) is 11.2 Å². The van der Waals surface area contributed by atoms with Crippen LogP contribution >= 0.6 is 45.2 Å². The number of aromatic nitrogens is 3. The van der Waals surface area contributed by atoms with Crippen molar-refractivity contribution in [3.63, 3.8) is 0 Å². The molecule has 0 saturated heterocycles. The van der Waals surface area contributed by atoms with E-state index < -0.39 is 0 Å². The van der Waals surface area contributed by atoms with Gasteiger partial charge in [0.05, 0.1) is 9.26 Å². The van der Waals surface area contributed by atoms with Gasteiger partial charge in [-0.3, -0.25) is 4.98 Å². The molecule has 0 amide bonds. The minimum atomic E-state index is 0.727. The number of pyridine rings is 1. The Morgan fingerprint density at radius 1 is 1.08 bits per heavy atom. The molecule has 0 aliphatic rings. The molecule has 0 aromatic carbocycles. The summed E-state index contributed by atoms with van der Waals surface area (Å²) in [6.45, 7) is 1.98. The molecule has 0 radical (unpaired) electrons. The molecule has 2 aromatic heterocycles. The maximum Gasteiger partial charge on any atom is 0.179 e. The first kappa shape index (κ1) is 9.50. The zero-order valence-corrected chi connectivity index (χ0v) is 11.1. The van der Waals surface area contributed by atoms with E-state index in [4.69, 9.17) is 0 Å². The molecule has 0 spiro atoms. The summed E-state index contributed by atoms with van der Waals surface area (Å²) in [5.74, 6) is 0. The molecular weight excluding hydrogens is 392 g/mol. The summed E-state index contributed by atoms with van der Waals surface area (Å²) < 4.78 is 2.29. The van der Waals surface area contributed by atoms with Crippen LogP contribution in [0.2, 0.25) is 0 Å². The minimum absolute atomic E-state index is 0.727. The second-order valence-corrected chi connectivity index (χ2v) is 4.71. The van der Waals surface area contributed by atoms with Crippen LogP contribution in [0.15, 0.2) is 12.4 Å². The van der Waals surface area contributed by atoms with Gasteiger partial charge in [0.25, 0.3) is 0 Å². The maximum atomic E-state index is 4.35. The summed E-state index contributed by atoms with van der Waals surface area (Å²) in [5.41, 5.74) is 2.63. The highest BCUT2D eigenvalue weighted by molar-refractivity contribution is 14.1. The van der Waals surface area contributed by atoms with Gasteiger partial charge in [0.1, 0.15) is 5.52 Å². The Balaban J connectivity index is 2.94. The van der Waals surface area contributed by atoms with Gasteiger partial charge >= 0.3 is 0 Å². The van der Waals surface area contributed by atoms with E-state index in [0.717, 1.165) is 24.0 Å². The molecule has 2 aromatic rings. The van der Waals surface area contributed by atoms with Crippen LogP contribution in [-0.4, -0.2) is 15.0 Å². The molecule has 0 aliphatic carbocycles. The Bertz CT molecular complexity index is 470. The lowest BCUT2D eigenvalue weighted by Gasteiger charge is -2.03. The van der Waals surface area contributed by atoms with E-state index in [-0.39, 0.29) is 0 Å². The maximum absolute atomic E-state index is 4.35. The van der Waals surface area contributed by atoms with Crippen molar-refractivity contribution in [1.29, 1.82) is 0 Å². The monoisotopic (exact) mass is 397 g/mol. The Hall–Kier alpha value is -0.0500. The summed E-state index contributed by atoms with van der Waals surface area (Å²) in [4.78, 5) is 12.8. The van der Waals surface area contributed by atoms with Crippen LogP contribution in [0.3, 0.4) is 0 Å². The molecule has 2 heterocycles. The van der Waals surface area contributed by atoms with E-state index in [1.54, 1.807) is 12.4 Å². The van der Waals surface area contributed by atoms with Crippen molar-refractivity contribution in [2.75, 3.05) is 0 Å². The molecule has 0 aliphatic heterocycles. The van der Waals surface area contributed by atoms with Crippen molar-refractivity contribution in [3.8, 4) is 0 Å². The molecule has 0 saturated carbocycles. The molecule has 66 valence electrons. The lowest BCUT2D eigenvalue weighted by atomic mass is 10.3. The van der Waals surface area contributed by atoms with Crippen LogP contribution in [0.5, 0.6) is 0 Å². The topological polar surface area (TPSA) is 38.7 Å². The van der Waals surface area contributed by atoms with Crippen molar-refractivity contribution in [2.45, 2.75) is 6.92 Å². The lowest BCUT2D eigenvalue weighted by Crippen LogP contribution is -1.96. The van der Waals surface area contributed by atoms with E-state index in [9.17, 15) is 0 Å². The largest absolute Gasteiger partial charge is 0.250 e. The van der Waals surface area contributed by atoms with Gasteiger partial charge in [0.2, 0.25) is 0 Å².